The van der Waals surface area contributed by atoms with E-state index >= 15 is 0 Å². The molecule has 1 aliphatic carbocycles. The molecular formula is C20H28N2O2. The Hall–Kier alpha value is -1.55. The van der Waals surface area contributed by atoms with E-state index in [4.69, 9.17) is 0 Å². The molecule has 3 aliphatic heterocycles. The van der Waals surface area contributed by atoms with E-state index < -0.39 is 0 Å². The first-order valence-electron chi connectivity index (χ1n) is 9.43. The van der Waals surface area contributed by atoms with Crippen LogP contribution in [0.15, 0.2) is 18.2 Å². The second kappa shape index (κ2) is 6.40. The zero-order valence-corrected chi connectivity index (χ0v) is 14.6. The molecule has 1 N–H and O–H groups in total. The molecule has 0 radical (unpaired) electrons. The number of piperidine rings is 1. The monoisotopic (exact) mass is 328 g/mol. The number of phenols is 1. The smallest absolute Gasteiger partial charge is 0.257 e. The fourth-order valence-corrected chi connectivity index (χ4v) is 4.57. The molecule has 2 bridgehead atoms. The van der Waals surface area contributed by atoms with Gasteiger partial charge in [0, 0.05) is 32.2 Å². The second-order valence-corrected chi connectivity index (χ2v) is 8.08. The van der Waals surface area contributed by atoms with E-state index in [0.717, 1.165) is 31.1 Å². The van der Waals surface area contributed by atoms with Crippen LogP contribution in [-0.4, -0.2) is 53.0 Å². The lowest BCUT2D eigenvalue weighted by atomic mass is 9.83. The van der Waals surface area contributed by atoms with Gasteiger partial charge in [-0.15, -0.1) is 0 Å². The molecule has 4 fully saturated rings. The lowest BCUT2D eigenvalue weighted by molar-refractivity contribution is 0.0714. The van der Waals surface area contributed by atoms with Gasteiger partial charge in [-0.25, -0.2) is 0 Å². The van der Waals surface area contributed by atoms with Gasteiger partial charge in [0.1, 0.15) is 5.75 Å². The quantitative estimate of drug-likeness (QED) is 0.927. The zero-order valence-electron chi connectivity index (χ0n) is 14.6. The Kier molecular flexibility index (Phi) is 4.25. The topological polar surface area (TPSA) is 43.8 Å². The van der Waals surface area contributed by atoms with E-state index in [1.807, 2.05) is 24.0 Å². The largest absolute Gasteiger partial charge is 0.507 e. The fourth-order valence-electron chi connectivity index (χ4n) is 4.57. The lowest BCUT2D eigenvalue weighted by Gasteiger charge is -2.40. The molecule has 3 heterocycles. The Bertz CT molecular complexity index is 626. The molecule has 1 aromatic carbocycles. The molecule has 24 heavy (non-hydrogen) atoms. The number of carbonyl (C=O) groups excluding carboxylic acids is 1. The number of hydrogen-bond donors (Lipinski definition) is 1. The predicted molar refractivity (Wildman–Crippen MR) is 94.2 cm³/mol. The highest BCUT2D eigenvalue weighted by atomic mass is 16.3. The van der Waals surface area contributed by atoms with E-state index in [0.29, 0.717) is 17.5 Å². The summed E-state index contributed by atoms with van der Waals surface area (Å²) < 4.78 is 0. The van der Waals surface area contributed by atoms with Crippen molar-refractivity contribution in [1.82, 2.24) is 9.80 Å². The first-order valence-corrected chi connectivity index (χ1v) is 9.43. The number of phenolic OH excluding ortho intramolecular Hbond substituents is 1. The second-order valence-electron chi connectivity index (χ2n) is 8.08. The molecule has 4 heteroatoms. The minimum absolute atomic E-state index is 0.00130. The van der Waals surface area contributed by atoms with Crippen molar-refractivity contribution in [2.24, 2.45) is 11.8 Å². The van der Waals surface area contributed by atoms with Crippen LogP contribution in [0.5, 0.6) is 5.75 Å². The predicted octanol–water partition coefficient (Wildman–Crippen LogP) is 3.04. The molecule has 1 amide bonds. The number of benzene rings is 1. The first kappa shape index (κ1) is 15.9. The number of hydrogen-bond acceptors (Lipinski definition) is 3. The molecule has 0 unspecified atom stereocenters. The lowest BCUT2D eigenvalue weighted by Crippen LogP contribution is -2.47. The van der Waals surface area contributed by atoms with Gasteiger partial charge in [0.05, 0.1) is 5.56 Å². The van der Waals surface area contributed by atoms with Gasteiger partial charge < -0.3 is 10.0 Å². The summed E-state index contributed by atoms with van der Waals surface area (Å²) >= 11 is 0. The minimum Gasteiger partial charge on any atom is -0.507 e. The minimum atomic E-state index is -0.00130. The van der Waals surface area contributed by atoms with Gasteiger partial charge in [0.25, 0.3) is 5.91 Å². The van der Waals surface area contributed by atoms with E-state index in [-0.39, 0.29) is 11.7 Å². The Morgan fingerprint density at radius 2 is 2.00 bits per heavy atom. The Balaban J connectivity index is 1.50. The third-order valence-corrected chi connectivity index (χ3v) is 6.21. The fraction of sp³-hybridized carbons (Fsp3) is 0.650. The third-order valence-electron chi connectivity index (χ3n) is 6.21. The molecule has 4 aliphatic rings. The van der Waals surface area contributed by atoms with Crippen LogP contribution in [0.2, 0.25) is 0 Å². The molecule has 3 saturated heterocycles. The summed E-state index contributed by atoms with van der Waals surface area (Å²) in [5, 5.41) is 10.1. The average molecular weight is 328 g/mol. The van der Waals surface area contributed by atoms with Gasteiger partial charge in [-0.05, 0) is 56.6 Å². The van der Waals surface area contributed by atoms with Crippen molar-refractivity contribution in [3.63, 3.8) is 0 Å². The van der Waals surface area contributed by atoms with E-state index in [1.54, 1.807) is 6.07 Å². The van der Waals surface area contributed by atoms with Gasteiger partial charge >= 0.3 is 0 Å². The molecule has 0 spiro atoms. The van der Waals surface area contributed by atoms with E-state index in [9.17, 15) is 9.90 Å². The summed E-state index contributed by atoms with van der Waals surface area (Å²) in [5.74, 6) is 1.57. The SMILES string of the molecule is Cc1ccc(O)c(C(=O)N2C[C@H]3CC[C@@H](C2)N(CC2CCC2)C3)c1. The molecule has 1 saturated carbocycles. The van der Waals surface area contributed by atoms with Gasteiger partial charge in [0.2, 0.25) is 0 Å². The van der Waals surface area contributed by atoms with E-state index in [2.05, 4.69) is 4.90 Å². The highest BCUT2D eigenvalue weighted by Crippen LogP contribution is 2.34. The standard InChI is InChI=1S/C20H28N2O2/c1-14-5-8-19(23)18(9-14)20(24)22-12-16-6-7-17(13-22)21(11-16)10-15-3-2-4-15/h5,8-9,15-17,23H,2-4,6-7,10-13H2,1H3/t16-,17-/m0/s1. The number of rotatable bonds is 3. The highest BCUT2D eigenvalue weighted by Gasteiger charge is 2.38. The molecule has 5 rings (SSSR count). The summed E-state index contributed by atoms with van der Waals surface area (Å²) in [6.07, 6.45) is 6.60. The van der Waals surface area contributed by atoms with Crippen molar-refractivity contribution >= 4 is 5.91 Å². The normalized spacial score (nSPS) is 27.8. The molecule has 0 aromatic heterocycles. The van der Waals surface area contributed by atoms with Crippen LogP contribution in [0.1, 0.15) is 48.0 Å². The molecular weight excluding hydrogens is 300 g/mol. The summed E-state index contributed by atoms with van der Waals surface area (Å²) in [4.78, 5) is 17.6. The number of aromatic hydroxyl groups is 1. The van der Waals surface area contributed by atoms with Gasteiger partial charge in [-0.1, -0.05) is 18.1 Å². The highest BCUT2D eigenvalue weighted by molar-refractivity contribution is 5.97. The van der Waals surface area contributed by atoms with Crippen molar-refractivity contribution in [1.29, 1.82) is 0 Å². The number of aryl methyl sites for hydroxylation is 1. The van der Waals surface area contributed by atoms with Crippen LogP contribution in [0, 0.1) is 18.8 Å². The number of carbonyl (C=O) groups is 1. The molecule has 1 aromatic rings. The first-order chi connectivity index (χ1) is 11.6. The number of fused-ring (bicyclic) bond motifs is 4. The summed E-state index contributed by atoms with van der Waals surface area (Å²) in [5.41, 5.74) is 1.47. The molecule has 130 valence electrons. The maximum atomic E-state index is 13.0. The Morgan fingerprint density at radius 1 is 1.17 bits per heavy atom. The van der Waals surface area contributed by atoms with Crippen LogP contribution in [-0.2, 0) is 0 Å². The number of amides is 1. The van der Waals surface area contributed by atoms with Crippen molar-refractivity contribution in [3.8, 4) is 5.75 Å². The van der Waals surface area contributed by atoms with Crippen LogP contribution in [0.3, 0.4) is 0 Å². The maximum absolute atomic E-state index is 13.0. The maximum Gasteiger partial charge on any atom is 0.257 e. The molecule has 4 nitrogen and oxygen atoms in total. The van der Waals surface area contributed by atoms with Crippen molar-refractivity contribution < 1.29 is 9.90 Å². The van der Waals surface area contributed by atoms with Crippen molar-refractivity contribution in [3.05, 3.63) is 29.3 Å². The van der Waals surface area contributed by atoms with Gasteiger partial charge in [-0.3, -0.25) is 9.69 Å². The van der Waals surface area contributed by atoms with Crippen molar-refractivity contribution in [2.45, 2.75) is 45.1 Å². The number of nitrogens with zero attached hydrogens (tertiary/aromatic N) is 2. The molecule has 2 atom stereocenters. The van der Waals surface area contributed by atoms with Gasteiger partial charge in [-0.2, -0.15) is 0 Å². The van der Waals surface area contributed by atoms with E-state index in [1.165, 1.54) is 38.6 Å². The van der Waals surface area contributed by atoms with Crippen LogP contribution in [0.4, 0.5) is 0 Å². The average Bonchev–Trinajstić information content (AvgIpc) is 2.84. The Morgan fingerprint density at radius 3 is 2.75 bits per heavy atom. The van der Waals surface area contributed by atoms with Crippen LogP contribution < -0.4 is 0 Å². The van der Waals surface area contributed by atoms with Gasteiger partial charge in [0.15, 0.2) is 0 Å². The van der Waals surface area contributed by atoms with Crippen molar-refractivity contribution in [2.75, 3.05) is 26.2 Å². The zero-order chi connectivity index (χ0) is 16.7. The third kappa shape index (κ3) is 3.04. The Labute approximate surface area is 144 Å². The van der Waals surface area contributed by atoms with Crippen LogP contribution >= 0.6 is 0 Å². The van der Waals surface area contributed by atoms with Crippen LogP contribution in [0.25, 0.3) is 0 Å². The summed E-state index contributed by atoms with van der Waals surface area (Å²) in [7, 11) is 0. The summed E-state index contributed by atoms with van der Waals surface area (Å²) in [6, 6.07) is 5.80. The summed E-state index contributed by atoms with van der Waals surface area (Å²) in [6.45, 7) is 5.98.